The molecule has 3 rings (SSSR count). The summed E-state index contributed by atoms with van der Waals surface area (Å²) < 4.78 is 5.56. The third-order valence-corrected chi connectivity index (χ3v) is 5.18. The second-order valence-electron chi connectivity index (χ2n) is 7.33. The summed E-state index contributed by atoms with van der Waals surface area (Å²) in [5.74, 6) is 1.02. The predicted octanol–water partition coefficient (Wildman–Crippen LogP) is 2.03. The van der Waals surface area contributed by atoms with Crippen LogP contribution in [0.2, 0.25) is 0 Å². The first-order valence-electron chi connectivity index (χ1n) is 10.1. The smallest absolute Gasteiger partial charge is 0.117 e. The summed E-state index contributed by atoms with van der Waals surface area (Å²) in [7, 11) is 0. The number of pyridine rings is 1. The highest BCUT2D eigenvalue weighted by Crippen LogP contribution is 2.11. The van der Waals surface area contributed by atoms with Crippen LogP contribution in [0.25, 0.3) is 0 Å². The zero-order chi connectivity index (χ0) is 18.7. The van der Waals surface area contributed by atoms with Gasteiger partial charge in [-0.05, 0) is 56.2 Å². The molecule has 0 unspecified atom stereocenters. The van der Waals surface area contributed by atoms with Crippen molar-refractivity contribution >= 4 is 0 Å². The first-order chi connectivity index (χ1) is 13.3. The van der Waals surface area contributed by atoms with Crippen molar-refractivity contribution in [3.05, 3.63) is 54.2 Å². The molecule has 3 heterocycles. The fraction of sp³-hybridized carbons (Fsp3) is 0.571. The largest absolute Gasteiger partial charge is 0.468 e. The van der Waals surface area contributed by atoms with Gasteiger partial charge in [0.05, 0.1) is 12.8 Å². The van der Waals surface area contributed by atoms with E-state index in [0.717, 1.165) is 51.4 Å². The van der Waals surface area contributed by atoms with E-state index in [4.69, 9.17) is 10.2 Å². The van der Waals surface area contributed by atoms with E-state index in [-0.39, 0.29) is 0 Å². The van der Waals surface area contributed by atoms with E-state index in [1.807, 2.05) is 24.5 Å². The van der Waals surface area contributed by atoms with Crippen molar-refractivity contribution in [1.29, 1.82) is 0 Å². The van der Waals surface area contributed by atoms with Crippen LogP contribution in [0.4, 0.5) is 0 Å². The second-order valence-corrected chi connectivity index (χ2v) is 7.33. The normalized spacial score (nSPS) is 16.2. The Kier molecular flexibility index (Phi) is 8.30. The van der Waals surface area contributed by atoms with Crippen molar-refractivity contribution < 1.29 is 4.42 Å². The van der Waals surface area contributed by atoms with E-state index >= 15 is 0 Å². The molecule has 1 saturated heterocycles. The summed E-state index contributed by atoms with van der Waals surface area (Å²) in [5, 5.41) is 0. The molecular formula is C21H33N5O. The number of aromatic nitrogens is 1. The number of rotatable bonds is 11. The molecule has 2 aromatic rings. The van der Waals surface area contributed by atoms with E-state index in [2.05, 4.69) is 31.8 Å². The molecule has 0 bridgehead atoms. The van der Waals surface area contributed by atoms with Gasteiger partial charge in [0.1, 0.15) is 5.76 Å². The van der Waals surface area contributed by atoms with Crippen molar-refractivity contribution in [1.82, 2.24) is 19.7 Å². The molecule has 0 spiro atoms. The fourth-order valence-electron chi connectivity index (χ4n) is 3.66. The van der Waals surface area contributed by atoms with Crippen LogP contribution in [0.1, 0.15) is 24.2 Å². The minimum atomic E-state index is 0.794. The second kappa shape index (κ2) is 11.2. The van der Waals surface area contributed by atoms with Gasteiger partial charge in [-0.25, -0.2) is 0 Å². The molecule has 6 heteroatoms. The first kappa shape index (κ1) is 20.0. The van der Waals surface area contributed by atoms with Crippen molar-refractivity contribution in [2.24, 2.45) is 5.73 Å². The van der Waals surface area contributed by atoms with Gasteiger partial charge in [0.2, 0.25) is 0 Å². The summed E-state index contributed by atoms with van der Waals surface area (Å²) in [6.07, 6.45) is 7.81. The molecule has 0 aromatic carbocycles. The van der Waals surface area contributed by atoms with Gasteiger partial charge >= 0.3 is 0 Å². The average Bonchev–Trinajstić information content (AvgIpc) is 3.21. The van der Waals surface area contributed by atoms with Crippen LogP contribution < -0.4 is 5.73 Å². The minimum absolute atomic E-state index is 0.794. The van der Waals surface area contributed by atoms with Gasteiger partial charge in [0.15, 0.2) is 0 Å². The highest BCUT2D eigenvalue weighted by Gasteiger charge is 2.16. The van der Waals surface area contributed by atoms with E-state index in [1.54, 1.807) is 6.26 Å². The summed E-state index contributed by atoms with van der Waals surface area (Å²) in [6, 6.07) is 8.16. The Morgan fingerprint density at radius 1 is 1.00 bits per heavy atom. The summed E-state index contributed by atoms with van der Waals surface area (Å²) in [4.78, 5) is 11.8. The SMILES string of the molecule is NCCCN1CCN(CCCN(Cc2cccnc2)Cc2ccco2)CC1. The van der Waals surface area contributed by atoms with Crippen LogP contribution in [0, 0.1) is 0 Å². The Labute approximate surface area is 162 Å². The van der Waals surface area contributed by atoms with E-state index < -0.39 is 0 Å². The maximum Gasteiger partial charge on any atom is 0.117 e. The monoisotopic (exact) mass is 371 g/mol. The highest BCUT2D eigenvalue weighted by molar-refractivity contribution is 5.08. The Morgan fingerprint density at radius 3 is 2.41 bits per heavy atom. The molecule has 1 aliphatic heterocycles. The van der Waals surface area contributed by atoms with Crippen LogP contribution in [-0.4, -0.2) is 72.0 Å². The van der Waals surface area contributed by atoms with Crippen LogP contribution in [0.3, 0.4) is 0 Å². The fourth-order valence-corrected chi connectivity index (χ4v) is 3.66. The van der Waals surface area contributed by atoms with Crippen LogP contribution in [-0.2, 0) is 13.1 Å². The molecule has 148 valence electrons. The molecule has 0 saturated carbocycles. The first-order valence-corrected chi connectivity index (χ1v) is 10.1. The van der Waals surface area contributed by atoms with Gasteiger partial charge in [0.25, 0.3) is 0 Å². The number of nitrogens with zero attached hydrogens (tertiary/aromatic N) is 4. The Hall–Kier alpha value is -1.73. The summed E-state index contributed by atoms with van der Waals surface area (Å²) in [6.45, 7) is 10.6. The molecule has 2 N–H and O–H groups in total. The van der Waals surface area contributed by atoms with Crippen molar-refractivity contribution in [3.8, 4) is 0 Å². The standard InChI is InChI=1S/C21H33N5O/c22-7-3-9-24-12-14-25(15-13-24)10-4-11-26(19-21-6-2-16-27-21)18-20-5-1-8-23-17-20/h1-2,5-6,8,16-17H,3-4,7,9-15,18-19,22H2. The Balaban J connectivity index is 1.42. The van der Waals surface area contributed by atoms with Crippen LogP contribution in [0.5, 0.6) is 0 Å². The predicted molar refractivity (Wildman–Crippen MR) is 108 cm³/mol. The highest BCUT2D eigenvalue weighted by atomic mass is 16.3. The molecule has 0 amide bonds. The van der Waals surface area contributed by atoms with Crippen LogP contribution in [0.15, 0.2) is 47.3 Å². The molecule has 1 fully saturated rings. The lowest BCUT2D eigenvalue weighted by Crippen LogP contribution is -2.47. The minimum Gasteiger partial charge on any atom is -0.468 e. The molecule has 1 aliphatic rings. The summed E-state index contributed by atoms with van der Waals surface area (Å²) >= 11 is 0. The molecule has 6 nitrogen and oxygen atoms in total. The molecule has 2 aromatic heterocycles. The Morgan fingerprint density at radius 2 is 1.78 bits per heavy atom. The number of piperazine rings is 1. The van der Waals surface area contributed by atoms with Gasteiger partial charge in [0, 0.05) is 51.7 Å². The van der Waals surface area contributed by atoms with E-state index in [9.17, 15) is 0 Å². The maximum atomic E-state index is 5.62. The third kappa shape index (κ3) is 7.07. The molecule has 0 aliphatic carbocycles. The van der Waals surface area contributed by atoms with Crippen molar-refractivity contribution in [2.75, 3.05) is 52.4 Å². The van der Waals surface area contributed by atoms with Gasteiger partial charge in [-0.1, -0.05) is 6.07 Å². The quantitative estimate of drug-likeness (QED) is 0.652. The molecular weight excluding hydrogens is 338 g/mol. The number of nitrogens with two attached hydrogens (primary N) is 1. The molecule has 27 heavy (non-hydrogen) atoms. The van der Waals surface area contributed by atoms with E-state index in [0.29, 0.717) is 0 Å². The zero-order valence-electron chi connectivity index (χ0n) is 16.3. The number of hydrogen-bond acceptors (Lipinski definition) is 6. The van der Waals surface area contributed by atoms with E-state index in [1.165, 1.54) is 38.2 Å². The van der Waals surface area contributed by atoms with Gasteiger partial charge in [-0.15, -0.1) is 0 Å². The zero-order valence-corrected chi connectivity index (χ0v) is 16.3. The summed E-state index contributed by atoms with van der Waals surface area (Å²) in [5.41, 5.74) is 6.87. The van der Waals surface area contributed by atoms with Crippen LogP contribution >= 0.6 is 0 Å². The lowest BCUT2D eigenvalue weighted by molar-refractivity contribution is 0.124. The Bertz CT molecular complexity index is 611. The van der Waals surface area contributed by atoms with Crippen molar-refractivity contribution in [2.45, 2.75) is 25.9 Å². The van der Waals surface area contributed by atoms with Gasteiger partial charge < -0.3 is 20.0 Å². The lowest BCUT2D eigenvalue weighted by atomic mass is 10.2. The number of hydrogen-bond donors (Lipinski definition) is 1. The average molecular weight is 372 g/mol. The molecule has 0 radical (unpaired) electrons. The third-order valence-electron chi connectivity index (χ3n) is 5.18. The number of furan rings is 1. The lowest BCUT2D eigenvalue weighted by Gasteiger charge is -2.35. The van der Waals surface area contributed by atoms with Gasteiger partial charge in [-0.2, -0.15) is 0 Å². The maximum absolute atomic E-state index is 5.62. The van der Waals surface area contributed by atoms with Gasteiger partial charge in [-0.3, -0.25) is 9.88 Å². The van der Waals surface area contributed by atoms with Crippen molar-refractivity contribution in [3.63, 3.8) is 0 Å². The topological polar surface area (TPSA) is 61.8 Å². The molecule has 0 atom stereocenters.